The predicted octanol–water partition coefficient (Wildman–Crippen LogP) is 1.10. The molecule has 3 aromatic rings. The summed E-state index contributed by atoms with van der Waals surface area (Å²) in [7, 11) is 0. The average molecular weight is 282 g/mol. The minimum absolute atomic E-state index is 0.190. The topological polar surface area (TPSA) is 88.5 Å². The van der Waals surface area contributed by atoms with Crippen molar-refractivity contribution in [1.29, 1.82) is 0 Å². The van der Waals surface area contributed by atoms with Crippen LogP contribution in [-0.4, -0.2) is 37.2 Å². The van der Waals surface area contributed by atoms with E-state index in [0.717, 1.165) is 5.69 Å². The van der Waals surface area contributed by atoms with Gasteiger partial charge in [-0.25, -0.2) is 4.98 Å². The molecule has 21 heavy (non-hydrogen) atoms. The van der Waals surface area contributed by atoms with Crippen molar-refractivity contribution < 1.29 is 4.79 Å². The second kappa shape index (κ2) is 6.00. The number of aromatic nitrogens is 5. The Morgan fingerprint density at radius 3 is 3.00 bits per heavy atom. The van der Waals surface area contributed by atoms with Crippen molar-refractivity contribution in [3.8, 4) is 11.4 Å². The van der Waals surface area contributed by atoms with Gasteiger partial charge in [0.2, 0.25) is 0 Å². The first kappa shape index (κ1) is 13.0. The Hall–Kier alpha value is -2.96. The van der Waals surface area contributed by atoms with Crippen molar-refractivity contribution in [3.05, 3.63) is 54.9 Å². The number of aromatic amines is 1. The van der Waals surface area contributed by atoms with Crippen molar-refractivity contribution >= 4 is 5.91 Å². The molecular weight excluding hydrogens is 268 g/mol. The highest BCUT2D eigenvalue weighted by Gasteiger charge is 2.10. The van der Waals surface area contributed by atoms with Crippen molar-refractivity contribution in [2.45, 2.75) is 6.54 Å². The van der Waals surface area contributed by atoms with Crippen molar-refractivity contribution in [2.75, 3.05) is 6.54 Å². The first-order chi connectivity index (χ1) is 10.3. The van der Waals surface area contributed by atoms with Crippen LogP contribution in [0, 0.1) is 0 Å². The SMILES string of the molecule is O=C(NCCn1ccnc1)c1cc(-c2ccccn2)n[nH]1. The summed E-state index contributed by atoms with van der Waals surface area (Å²) in [6.07, 6.45) is 6.95. The zero-order valence-electron chi connectivity index (χ0n) is 11.2. The van der Waals surface area contributed by atoms with Crippen LogP contribution < -0.4 is 5.32 Å². The third-order valence-electron chi connectivity index (χ3n) is 2.96. The maximum absolute atomic E-state index is 12.0. The fraction of sp³-hybridized carbons (Fsp3) is 0.143. The molecule has 0 unspecified atom stereocenters. The minimum Gasteiger partial charge on any atom is -0.349 e. The molecule has 0 aliphatic carbocycles. The molecule has 0 bridgehead atoms. The number of amides is 1. The predicted molar refractivity (Wildman–Crippen MR) is 76.4 cm³/mol. The molecule has 0 saturated heterocycles. The van der Waals surface area contributed by atoms with Crippen molar-refractivity contribution in [2.24, 2.45) is 0 Å². The standard InChI is InChI=1S/C14H14N6O/c21-14(17-6-8-20-7-5-15-10-20)13-9-12(18-19-13)11-3-1-2-4-16-11/h1-5,7,9-10H,6,8H2,(H,17,21)(H,18,19). The van der Waals surface area contributed by atoms with E-state index in [4.69, 9.17) is 0 Å². The number of hydrogen-bond donors (Lipinski definition) is 2. The second-order valence-electron chi connectivity index (χ2n) is 4.44. The molecule has 2 N–H and O–H groups in total. The van der Waals surface area contributed by atoms with Gasteiger partial charge in [-0.1, -0.05) is 6.07 Å². The van der Waals surface area contributed by atoms with E-state index in [1.54, 1.807) is 24.8 Å². The normalized spacial score (nSPS) is 10.5. The number of nitrogens with zero attached hydrogens (tertiary/aromatic N) is 4. The van der Waals surface area contributed by atoms with E-state index in [1.165, 1.54) is 0 Å². The first-order valence-corrected chi connectivity index (χ1v) is 6.54. The first-order valence-electron chi connectivity index (χ1n) is 6.54. The molecule has 0 aliphatic rings. The lowest BCUT2D eigenvalue weighted by Crippen LogP contribution is -2.27. The van der Waals surface area contributed by atoms with Gasteiger partial charge in [0, 0.05) is 31.7 Å². The lowest BCUT2D eigenvalue weighted by atomic mass is 10.2. The molecule has 106 valence electrons. The highest BCUT2D eigenvalue weighted by atomic mass is 16.1. The number of imidazole rings is 1. The average Bonchev–Trinajstić information content (AvgIpc) is 3.20. The fourth-order valence-corrected chi connectivity index (χ4v) is 1.90. The van der Waals surface area contributed by atoms with E-state index in [-0.39, 0.29) is 5.91 Å². The maximum Gasteiger partial charge on any atom is 0.269 e. The summed E-state index contributed by atoms with van der Waals surface area (Å²) in [6, 6.07) is 7.24. The van der Waals surface area contributed by atoms with Crippen LogP contribution in [0.25, 0.3) is 11.4 Å². The number of hydrogen-bond acceptors (Lipinski definition) is 4. The maximum atomic E-state index is 12.0. The van der Waals surface area contributed by atoms with E-state index >= 15 is 0 Å². The van der Waals surface area contributed by atoms with Gasteiger partial charge in [-0.2, -0.15) is 5.10 Å². The Bertz CT molecular complexity index is 704. The van der Waals surface area contributed by atoms with E-state index in [2.05, 4.69) is 25.5 Å². The van der Waals surface area contributed by atoms with Crippen molar-refractivity contribution in [3.63, 3.8) is 0 Å². The molecule has 0 aromatic carbocycles. The summed E-state index contributed by atoms with van der Waals surface area (Å²) in [5.41, 5.74) is 1.79. The van der Waals surface area contributed by atoms with Crippen LogP contribution in [0.1, 0.15) is 10.5 Å². The second-order valence-corrected chi connectivity index (χ2v) is 4.44. The van der Waals surface area contributed by atoms with Crippen molar-refractivity contribution in [1.82, 2.24) is 30.0 Å². The summed E-state index contributed by atoms with van der Waals surface area (Å²) in [4.78, 5) is 20.1. The summed E-state index contributed by atoms with van der Waals surface area (Å²) >= 11 is 0. The quantitative estimate of drug-likeness (QED) is 0.733. The number of carbonyl (C=O) groups excluding carboxylic acids is 1. The summed E-state index contributed by atoms with van der Waals surface area (Å²) in [5, 5.41) is 9.65. The van der Waals surface area contributed by atoms with Gasteiger partial charge in [-0.05, 0) is 18.2 Å². The molecule has 0 saturated carbocycles. The molecule has 3 aromatic heterocycles. The van der Waals surface area contributed by atoms with Crippen LogP contribution in [0.4, 0.5) is 0 Å². The van der Waals surface area contributed by atoms with Crippen LogP contribution in [0.15, 0.2) is 49.2 Å². The number of pyridine rings is 1. The van der Waals surface area contributed by atoms with Gasteiger partial charge < -0.3 is 9.88 Å². The van der Waals surface area contributed by atoms with Gasteiger partial charge in [0.25, 0.3) is 5.91 Å². The van der Waals surface area contributed by atoms with Gasteiger partial charge in [0.15, 0.2) is 0 Å². The molecule has 0 atom stereocenters. The number of nitrogens with one attached hydrogen (secondary N) is 2. The Balaban J connectivity index is 1.59. The minimum atomic E-state index is -0.190. The molecule has 7 heteroatoms. The van der Waals surface area contributed by atoms with Crippen LogP contribution in [-0.2, 0) is 6.54 Å². The molecule has 0 radical (unpaired) electrons. The Kier molecular flexibility index (Phi) is 3.72. The molecule has 3 rings (SSSR count). The lowest BCUT2D eigenvalue weighted by Gasteiger charge is -2.03. The van der Waals surface area contributed by atoms with Crippen LogP contribution in [0.5, 0.6) is 0 Å². The third kappa shape index (κ3) is 3.14. The Labute approximate surface area is 121 Å². The smallest absolute Gasteiger partial charge is 0.269 e. The monoisotopic (exact) mass is 282 g/mol. The fourth-order valence-electron chi connectivity index (χ4n) is 1.90. The van der Waals surface area contributed by atoms with E-state index < -0.39 is 0 Å². The molecule has 0 aliphatic heterocycles. The zero-order valence-corrected chi connectivity index (χ0v) is 11.2. The summed E-state index contributed by atoms with van der Waals surface area (Å²) in [5.74, 6) is -0.190. The molecular formula is C14H14N6O. The number of rotatable bonds is 5. The summed E-state index contributed by atoms with van der Waals surface area (Å²) in [6.45, 7) is 1.19. The lowest BCUT2D eigenvalue weighted by molar-refractivity contribution is 0.0947. The molecule has 3 heterocycles. The van der Waals surface area contributed by atoms with Crippen LogP contribution in [0.3, 0.4) is 0 Å². The third-order valence-corrected chi connectivity index (χ3v) is 2.96. The number of H-pyrrole nitrogens is 1. The highest BCUT2D eigenvalue weighted by molar-refractivity contribution is 5.93. The highest BCUT2D eigenvalue weighted by Crippen LogP contribution is 2.13. The molecule has 1 amide bonds. The largest absolute Gasteiger partial charge is 0.349 e. The molecule has 7 nitrogen and oxygen atoms in total. The van der Waals surface area contributed by atoms with Crippen LogP contribution >= 0.6 is 0 Å². The van der Waals surface area contributed by atoms with E-state index in [9.17, 15) is 4.79 Å². The molecule has 0 fully saturated rings. The van der Waals surface area contributed by atoms with Gasteiger partial charge in [0.05, 0.1) is 12.0 Å². The van der Waals surface area contributed by atoms with Gasteiger partial charge in [0.1, 0.15) is 11.4 Å². The molecule has 0 spiro atoms. The zero-order chi connectivity index (χ0) is 14.5. The van der Waals surface area contributed by atoms with Crippen LogP contribution in [0.2, 0.25) is 0 Å². The Morgan fingerprint density at radius 1 is 1.29 bits per heavy atom. The summed E-state index contributed by atoms with van der Waals surface area (Å²) < 4.78 is 1.90. The Morgan fingerprint density at radius 2 is 2.24 bits per heavy atom. The van der Waals surface area contributed by atoms with Gasteiger partial charge in [-0.15, -0.1) is 0 Å². The van der Waals surface area contributed by atoms with Gasteiger partial charge in [-0.3, -0.25) is 14.9 Å². The number of carbonyl (C=O) groups is 1. The van der Waals surface area contributed by atoms with E-state index in [1.807, 2.05) is 29.0 Å². The van der Waals surface area contributed by atoms with E-state index in [0.29, 0.717) is 24.5 Å². The van der Waals surface area contributed by atoms with Gasteiger partial charge >= 0.3 is 0 Å².